The van der Waals surface area contributed by atoms with Gasteiger partial charge >= 0.3 is 0 Å². The average molecular weight is 648 g/mol. The summed E-state index contributed by atoms with van der Waals surface area (Å²) in [5.41, 5.74) is 5.31. The number of benzene rings is 7. The lowest BCUT2D eigenvalue weighted by molar-refractivity contribution is 0.668. The number of rotatable bonds is 5. The first-order valence-corrected chi connectivity index (χ1v) is 16.1. The van der Waals surface area contributed by atoms with Gasteiger partial charge in [0.25, 0.3) is 0 Å². The van der Waals surface area contributed by atoms with E-state index in [4.69, 9.17) is 27.9 Å². The second-order valence-corrected chi connectivity index (χ2v) is 11.9. The van der Waals surface area contributed by atoms with Gasteiger partial charge in [0, 0.05) is 43.8 Å². The number of furan rings is 2. The summed E-state index contributed by atoms with van der Waals surface area (Å²) in [6.45, 7) is 0. The Kier molecular flexibility index (Phi) is 5.17. The molecule has 0 fully saturated rings. The van der Waals surface area contributed by atoms with Crippen molar-refractivity contribution in [3.8, 4) is 56.4 Å². The summed E-state index contributed by atoms with van der Waals surface area (Å²) in [5.74, 6) is 0.644. The SMILES string of the molecule is [2H]c1c([2H])c([2H])c2c(oc3c([2H])c(-c4nc(-c5ccccc5)nc(-c5cccc(-c6ccccc6)c5)n4)c([2H])c([2H])c32)c1-c1ccc2c(c1)oc1ccccc12. The zero-order chi connectivity index (χ0) is 38.2. The van der Waals surface area contributed by atoms with E-state index in [2.05, 4.69) is 0 Å². The normalized spacial score (nSPS) is 13.3. The Hall–Kier alpha value is -6.85. The van der Waals surface area contributed by atoms with Crippen LogP contribution < -0.4 is 0 Å². The molecule has 0 aliphatic carbocycles. The fourth-order valence-electron chi connectivity index (χ4n) is 6.41. The third-order valence-electron chi connectivity index (χ3n) is 8.85. The Morgan fingerprint density at radius 3 is 1.92 bits per heavy atom. The van der Waals surface area contributed by atoms with Crippen LogP contribution in [0.5, 0.6) is 0 Å². The van der Waals surface area contributed by atoms with Crippen LogP contribution in [0.25, 0.3) is 100 Å². The van der Waals surface area contributed by atoms with E-state index in [9.17, 15) is 4.11 Å². The molecule has 5 heteroatoms. The van der Waals surface area contributed by atoms with E-state index in [1.807, 2.05) is 121 Å². The minimum Gasteiger partial charge on any atom is -0.456 e. The first kappa shape index (κ1) is 22.7. The van der Waals surface area contributed by atoms with Crippen LogP contribution in [0.3, 0.4) is 0 Å². The van der Waals surface area contributed by atoms with E-state index in [1.54, 1.807) is 6.07 Å². The Morgan fingerprint density at radius 1 is 0.400 bits per heavy atom. The number of aromatic nitrogens is 3. The molecular weight excluding hydrogens is 615 g/mol. The molecule has 0 aliphatic rings. The van der Waals surface area contributed by atoms with Gasteiger partial charge < -0.3 is 8.83 Å². The van der Waals surface area contributed by atoms with Gasteiger partial charge in [-0.15, -0.1) is 0 Å². The quantitative estimate of drug-likeness (QED) is 0.186. The first-order valence-electron chi connectivity index (χ1n) is 19.1. The molecule has 0 atom stereocenters. The van der Waals surface area contributed by atoms with Gasteiger partial charge in [-0.05, 0) is 53.0 Å². The van der Waals surface area contributed by atoms with Gasteiger partial charge in [-0.2, -0.15) is 0 Å². The van der Waals surface area contributed by atoms with Crippen molar-refractivity contribution in [1.82, 2.24) is 15.0 Å². The largest absolute Gasteiger partial charge is 0.456 e. The van der Waals surface area contributed by atoms with E-state index in [1.165, 1.54) is 0 Å². The highest BCUT2D eigenvalue weighted by molar-refractivity contribution is 6.11. The summed E-state index contributed by atoms with van der Waals surface area (Å²) in [7, 11) is 0. The molecule has 0 aliphatic heterocycles. The molecule has 10 aromatic rings. The molecule has 0 radical (unpaired) electrons. The van der Waals surface area contributed by atoms with E-state index in [0.717, 1.165) is 21.9 Å². The number of para-hydroxylation sites is 2. The summed E-state index contributed by atoms with van der Waals surface area (Å²) in [6.07, 6.45) is 0. The van der Waals surface area contributed by atoms with Crippen molar-refractivity contribution >= 4 is 43.9 Å². The van der Waals surface area contributed by atoms with Crippen LogP contribution in [-0.4, -0.2) is 15.0 Å². The summed E-state index contributed by atoms with van der Waals surface area (Å²) < 4.78 is 67.4. The molecule has 0 saturated heterocycles. The molecule has 3 heterocycles. The van der Waals surface area contributed by atoms with Crippen LogP contribution >= 0.6 is 0 Å². The molecule has 0 saturated carbocycles. The summed E-state index contributed by atoms with van der Waals surface area (Å²) >= 11 is 0. The van der Waals surface area contributed by atoms with Crippen molar-refractivity contribution in [3.05, 3.63) is 164 Å². The highest BCUT2D eigenvalue weighted by Crippen LogP contribution is 2.39. The van der Waals surface area contributed by atoms with E-state index in [0.29, 0.717) is 39.5 Å². The molecule has 0 spiro atoms. The van der Waals surface area contributed by atoms with Crippen LogP contribution in [0.15, 0.2) is 172 Å². The third-order valence-corrected chi connectivity index (χ3v) is 8.85. The van der Waals surface area contributed by atoms with Crippen molar-refractivity contribution < 1.29 is 17.1 Å². The second kappa shape index (κ2) is 11.4. The van der Waals surface area contributed by atoms with Gasteiger partial charge in [0.15, 0.2) is 17.5 Å². The zero-order valence-corrected chi connectivity index (χ0v) is 26.3. The molecule has 3 aromatic heterocycles. The van der Waals surface area contributed by atoms with Gasteiger partial charge in [0.05, 0.1) is 8.22 Å². The van der Waals surface area contributed by atoms with Gasteiger partial charge in [-0.3, -0.25) is 0 Å². The predicted octanol–water partition coefficient (Wildman–Crippen LogP) is 12.0. The summed E-state index contributed by atoms with van der Waals surface area (Å²) in [5, 5.41) is 1.93. The fourth-order valence-corrected chi connectivity index (χ4v) is 6.41. The fraction of sp³-hybridized carbons (Fsp3) is 0. The van der Waals surface area contributed by atoms with Crippen molar-refractivity contribution in [2.45, 2.75) is 0 Å². The lowest BCUT2D eigenvalue weighted by atomic mass is 10.0. The van der Waals surface area contributed by atoms with Crippen molar-refractivity contribution in [2.24, 2.45) is 0 Å². The summed E-state index contributed by atoms with van der Waals surface area (Å²) in [6, 6.07) is 38.3. The van der Waals surface area contributed by atoms with Crippen LogP contribution in [-0.2, 0) is 0 Å². The zero-order valence-electron chi connectivity index (χ0n) is 32.3. The minimum absolute atomic E-state index is 0.00819. The standard InChI is InChI=1S/C45H27N3O2/c1-3-11-28(12-4-1)30-15-9-16-32(25-30)44-46-43(29-13-5-2-6-14-29)47-45(48-44)33-22-24-37-38-19-10-18-34(42(38)50-41(37)27-33)31-21-23-36-35-17-7-8-20-39(35)49-40(36)26-31/h1-27H/i10D,18D,19D,22D,24D,27D. The van der Waals surface area contributed by atoms with Crippen LogP contribution in [0.1, 0.15) is 8.22 Å². The van der Waals surface area contributed by atoms with E-state index >= 15 is 0 Å². The van der Waals surface area contributed by atoms with Crippen molar-refractivity contribution in [3.63, 3.8) is 0 Å². The van der Waals surface area contributed by atoms with Gasteiger partial charge in [0.2, 0.25) is 0 Å². The topological polar surface area (TPSA) is 65.0 Å². The summed E-state index contributed by atoms with van der Waals surface area (Å²) in [4.78, 5) is 14.4. The van der Waals surface area contributed by atoms with Crippen LogP contribution in [0, 0.1) is 0 Å². The molecule has 0 unspecified atom stereocenters. The average Bonchev–Trinajstić information content (AvgIpc) is 3.82. The maximum atomic E-state index is 9.50. The van der Waals surface area contributed by atoms with Crippen LogP contribution in [0.2, 0.25) is 0 Å². The molecular formula is C45H27N3O2. The maximum Gasteiger partial charge on any atom is 0.164 e. The first-order chi connectivity index (χ1) is 27.3. The monoisotopic (exact) mass is 647 g/mol. The second-order valence-electron chi connectivity index (χ2n) is 11.9. The van der Waals surface area contributed by atoms with E-state index in [-0.39, 0.29) is 75.1 Å². The number of fused-ring (bicyclic) bond motifs is 6. The Balaban J connectivity index is 1.21. The van der Waals surface area contributed by atoms with Gasteiger partial charge in [-0.25, -0.2) is 15.0 Å². The number of hydrogen-bond acceptors (Lipinski definition) is 5. The molecule has 50 heavy (non-hydrogen) atoms. The molecule has 0 amide bonds. The lowest BCUT2D eigenvalue weighted by Gasteiger charge is -2.09. The Bertz CT molecular complexity index is 3220. The van der Waals surface area contributed by atoms with Crippen LogP contribution in [0.4, 0.5) is 0 Å². The molecule has 234 valence electrons. The molecule has 5 nitrogen and oxygen atoms in total. The molecule has 7 aromatic carbocycles. The predicted molar refractivity (Wildman–Crippen MR) is 202 cm³/mol. The smallest absolute Gasteiger partial charge is 0.164 e. The van der Waals surface area contributed by atoms with Crippen molar-refractivity contribution in [1.29, 1.82) is 0 Å². The van der Waals surface area contributed by atoms with Gasteiger partial charge in [0.1, 0.15) is 22.3 Å². The number of hydrogen-bond donors (Lipinski definition) is 0. The Labute approximate surface area is 295 Å². The highest BCUT2D eigenvalue weighted by Gasteiger charge is 2.17. The van der Waals surface area contributed by atoms with Gasteiger partial charge in [-0.1, -0.05) is 127 Å². The molecule has 0 bridgehead atoms. The molecule has 0 N–H and O–H groups in total. The van der Waals surface area contributed by atoms with E-state index < -0.39 is 0 Å². The third kappa shape index (κ3) is 4.75. The molecule has 10 rings (SSSR count). The Morgan fingerprint density at radius 2 is 1.08 bits per heavy atom. The maximum absolute atomic E-state index is 9.50. The highest BCUT2D eigenvalue weighted by atomic mass is 16.3. The lowest BCUT2D eigenvalue weighted by Crippen LogP contribution is -2.00. The van der Waals surface area contributed by atoms with Crippen molar-refractivity contribution in [2.75, 3.05) is 0 Å². The number of nitrogens with zero attached hydrogens (tertiary/aromatic N) is 3. The minimum atomic E-state index is -0.367.